The number of nitrogens with zero attached hydrogens (tertiary/aromatic N) is 1. The minimum absolute atomic E-state index is 0.308. The molecule has 1 aromatic rings. The molecule has 2 rings (SSSR count). The van der Waals surface area contributed by atoms with Crippen LogP contribution in [0.4, 0.5) is 5.82 Å². The van der Waals surface area contributed by atoms with Crippen LogP contribution in [0.2, 0.25) is 0 Å². The normalized spacial score (nSPS) is 23.7. The molecule has 4 heteroatoms. The van der Waals surface area contributed by atoms with Gasteiger partial charge in [0.05, 0.1) is 13.3 Å². The molecule has 2 unspecified atom stereocenters. The molecular weight excluding hydrogens is 228 g/mol. The second kappa shape index (κ2) is 6.59. The van der Waals surface area contributed by atoms with Crippen LogP contribution in [-0.4, -0.2) is 30.4 Å². The second-order valence-corrected chi connectivity index (χ2v) is 4.95. The van der Waals surface area contributed by atoms with Crippen LogP contribution in [0.15, 0.2) is 18.3 Å². The van der Waals surface area contributed by atoms with Crippen molar-refractivity contribution < 1.29 is 9.84 Å². The molecule has 0 bridgehead atoms. The molecule has 1 aliphatic rings. The van der Waals surface area contributed by atoms with Gasteiger partial charge in [0, 0.05) is 13.2 Å². The van der Waals surface area contributed by atoms with Crippen LogP contribution in [0.5, 0.6) is 5.75 Å². The Labute approximate surface area is 108 Å². The van der Waals surface area contributed by atoms with Gasteiger partial charge in [-0.2, -0.15) is 0 Å². The second-order valence-electron chi connectivity index (χ2n) is 4.95. The highest BCUT2D eigenvalue weighted by Crippen LogP contribution is 2.29. The van der Waals surface area contributed by atoms with Crippen LogP contribution in [0.1, 0.15) is 25.7 Å². The summed E-state index contributed by atoms with van der Waals surface area (Å²) in [6.07, 6.45) is 6.60. The molecule has 0 radical (unpaired) electrons. The van der Waals surface area contributed by atoms with Gasteiger partial charge in [0.2, 0.25) is 0 Å². The van der Waals surface area contributed by atoms with E-state index in [1.165, 1.54) is 19.3 Å². The molecule has 1 heterocycles. The topological polar surface area (TPSA) is 54.4 Å². The van der Waals surface area contributed by atoms with E-state index in [1.807, 2.05) is 12.1 Å². The minimum atomic E-state index is 0.308. The maximum absolute atomic E-state index is 9.37. The number of pyridine rings is 1. The van der Waals surface area contributed by atoms with Crippen molar-refractivity contribution in [2.45, 2.75) is 25.7 Å². The van der Waals surface area contributed by atoms with Crippen molar-refractivity contribution in [2.75, 3.05) is 25.6 Å². The number of aromatic nitrogens is 1. The molecule has 1 aromatic heterocycles. The number of hydrogen-bond acceptors (Lipinski definition) is 4. The van der Waals surface area contributed by atoms with Crippen LogP contribution in [0.3, 0.4) is 0 Å². The highest BCUT2D eigenvalue weighted by molar-refractivity contribution is 5.37. The van der Waals surface area contributed by atoms with Gasteiger partial charge >= 0.3 is 0 Å². The number of methoxy groups -OCH3 is 1. The fraction of sp³-hybridized carbons (Fsp3) is 0.643. The van der Waals surface area contributed by atoms with E-state index in [2.05, 4.69) is 10.3 Å². The van der Waals surface area contributed by atoms with Crippen molar-refractivity contribution in [3.63, 3.8) is 0 Å². The monoisotopic (exact) mass is 250 g/mol. The summed E-state index contributed by atoms with van der Waals surface area (Å²) in [7, 11) is 1.64. The molecule has 0 amide bonds. The molecule has 100 valence electrons. The van der Waals surface area contributed by atoms with Gasteiger partial charge in [0.1, 0.15) is 11.6 Å². The molecule has 0 aromatic carbocycles. The van der Waals surface area contributed by atoms with E-state index in [1.54, 1.807) is 13.3 Å². The third-order valence-corrected chi connectivity index (χ3v) is 3.82. The SMILES string of the molecule is COc1ccc(NCC2CCCCC2CO)nc1. The molecule has 1 aliphatic carbocycles. The van der Waals surface area contributed by atoms with Crippen molar-refractivity contribution >= 4 is 5.82 Å². The fourth-order valence-corrected chi connectivity index (χ4v) is 2.63. The Morgan fingerprint density at radius 1 is 1.33 bits per heavy atom. The third-order valence-electron chi connectivity index (χ3n) is 3.82. The van der Waals surface area contributed by atoms with E-state index in [-0.39, 0.29) is 0 Å². The summed E-state index contributed by atoms with van der Waals surface area (Å²) in [5.74, 6) is 2.65. The number of nitrogens with one attached hydrogen (secondary N) is 1. The molecule has 2 atom stereocenters. The van der Waals surface area contributed by atoms with Crippen LogP contribution < -0.4 is 10.1 Å². The third kappa shape index (κ3) is 3.35. The molecule has 4 nitrogen and oxygen atoms in total. The Bertz CT molecular complexity index is 353. The molecule has 2 N–H and O–H groups in total. The summed E-state index contributed by atoms with van der Waals surface area (Å²) < 4.78 is 5.07. The Morgan fingerprint density at radius 3 is 2.72 bits per heavy atom. The first-order valence-corrected chi connectivity index (χ1v) is 6.68. The molecule has 0 spiro atoms. The number of rotatable bonds is 5. The van der Waals surface area contributed by atoms with Gasteiger partial charge in [-0.1, -0.05) is 12.8 Å². The number of ether oxygens (including phenoxy) is 1. The Hall–Kier alpha value is -1.29. The minimum Gasteiger partial charge on any atom is -0.495 e. The lowest BCUT2D eigenvalue weighted by atomic mass is 9.79. The van der Waals surface area contributed by atoms with Gasteiger partial charge in [-0.05, 0) is 36.8 Å². The lowest BCUT2D eigenvalue weighted by molar-refractivity contribution is 0.141. The average molecular weight is 250 g/mol. The van der Waals surface area contributed by atoms with E-state index in [0.29, 0.717) is 18.4 Å². The van der Waals surface area contributed by atoms with E-state index in [4.69, 9.17) is 4.74 Å². The van der Waals surface area contributed by atoms with Crippen LogP contribution in [0.25, 0.3) is 0 Å². The summed E-state index contributed by atoms with van der Waals surface area (Å²) in [4.78, 5) is 4.29. The van der Waals surface area contributed by atoms with Crippen molar-refractivity contribution in [2.24, 2.45) is 11.8 Å². The predicted octanol–water partition coefficient (Wildman–Crippen LogP) is 2.30. The summed E-state index contributed by atoms with van der Waals surface area (Å²) >= 11 is 0. The van der Waals surface area contributed by atoms with Crippen molar-refractivity contribution in [1.82, 2.24) is 4.98 Å². The van der Waals surface area contributed by atoms with Crippen LogP contribution >= 0.6 is 0 Å². The molecule has 0 saturated heterocycles. The maximum atomic E-state index is 9.37. The predicted molar refractivity (Wildman–Crippen MR) is 71.8 cm³/mol. The quantitative estimate of drug-likeness (QED) is 0.842. The molecule has 1 saturated carbocycles. The van der Waals surface area contributed by atoms with Gasteiger partial charge in [0.15, 0.2) is 0 Å². The lowest BCUT2D eigenvalue weighted by Gasteiger charge is -2.30. The molecular formula is C14H22N2O2. The van der Waals surface area contributed by atoms with Gasteiger partial charge in [0.25, 0.3) is 0 Å². The average Bonchev–Trinajstić information content (AvgIpc) is 2.46. The summed E-state index contributed by atoms with van der Waals surface area (Å²) in [6.45, 7) is 1.20. The lowest BCUT2D eigenvalue weighted by Crippen LogP contribution is -2.28. The van der Waals surface area contributed by atoms with Gasteiger partial charge < -0.3 is 15.2 Å². The van der Waals surface area contributed by atoms with E-state index < -0.39 is 0 Å². The van der Waals surface area contributed by atoms with Gasteiger partial charge in [-0.3, -0.25) is 0 Å². The maximum Gasteiger partial charge on any atom is 0.137 e. The summed E-state index contributed by atoms with van der Waals surface area (Å²) in [6, 6.07) is 3.83. The van der Waals surface area contributed by atoms with Crippen LogP contribution in [-0.2, 0) is 0 Å². The molecule has 18 heavy (non-hydrogen) atoms. The van der Waals surface area contributed by atoms with Crippen molar-refractivity contribution in [3.05, 3.63) is 18.3 Å². The Balaban J connectivity index is 1.85. The first-order chi connectivity index (χ1) is 8.83. The van der Waals surface area contributed by atoms with Crippen molar-refractivity contribution in [3.8, 4) is 5.75 Å². The Kier molecular flexibility index (Phi) is 4.81. The number of hydrogen-bond donors (Lipinski definition) is 2. The van der Waals surface area contributed by atoms with Gasteiger partial charge in [-0.25, -0.2) is 4.98 Å². The molecule has 1 fully saturated rings. The van der Waals surface area contributed by atoms with E-state index >= 15 is 0 Å². The summed E-state index contributed by atoms with van der Waals surface area (Å²) in [5, 5.41) is 12.7. The van der Waals surface area contributed by atoms with Crippen LogP contribution in [0, 0.1) is 11.8 Å². The van der Waals surface area contributed by atoms with E-state index in [9.17, 15) is 5.11 Å². The number of aliphatic hydroxyl groups excluding tert-OH is 1. The van der Waals surface area contributed by atoms with Crippen molar-refractivity contribution in [1.29, 1.82) is 0 Å². The smallest absolute Gasteiger partial charge is 0.137 e. The molecule has 0 aliphatic heterocycles. The fourth-order valence-electron chi connectivity index (χ4n) is 2.63. The highest BCUT2D eigenvalue weighted by atomic mass is 16.5. The first kappa shape index (κ1) is 13.1. The summed E-state index contributed by atoms with van der Waals surface area (Å²) in [5.41, 5.74) is 0. The first-order valence-electron chi connectivity index (χ1n) is 6.68. The van der Waals surface area contributed by atoms with Gasteiger partial charge in [-0.15, -0.1) is 0 Å². The number of anilines is 1. The standard InChI is InChI=1S/C14H22N2O2/c1-18-13-6-7-14(16-9-13)15-8-11-4-2-3-5-12(11)10-17/h6-7,9,11-12,17H,2-5,8,10H2,1H3,(H,15,16). The zero-order valence-electron chi connectivity index (χ0n) is 10.9. The van der Waals surface area contributed by atoms with E-state index in [0.717, 1.165) is 24.5 Å². The zero-order valence-corrected chi connectivity index (χ0v) is 10.9. The zero-order chi connectivity index (χ0) is 12.8. The Morgan fingerprint density at radius 2 is 2.11 bits per heavy atom. The highest BCUT2D eigenvalue weighted by Gasteiger charge is 2.24. The largest absolute Gasteiger partial charge is 0.495 e. The number of aliphatic hydroxyl groups is 1.